The first-order valence-corrected chi connectivity index (χ1v) is 14.3. The van der Waals surface area contributed by atoms with Crippen molar-refractivity contribution in [3.8, 4) is 11.3 Å². The van der Waals surface area contributed by atoms with Crippen LogP contribution in [0.4, 0.5) is 10.2 Å². The van der Waals surface area contributed by atoms with Gasteiger partial charge in [-0.1, -0.05) is 13.8 Å². The standard InChI is InChI=1S/C22H27FN4O6S2/c1-13(2)16-12-17-18(20(24)28)19(14-6-8-15(23)9-7-14)33-22(17)26-21(16)27-35(31,32)11-5-4-10-25-34(3,29)30/h6-9,12-13,25H,4-5,10-11H2,1-3H3,(H2,24,28)(H,26,27). The quantitative estimate of drug-likeness (QED) is 0.324. The van der Waals surface area contributed by atoms with Crippen molar-refractivity contribution in [2.45, 2.75) is 32.6 Å². The monoisotopic (exact) mass is 526 g/mol. The third kappa shape index (κ3) is 6.77. The van der Waals surface area contributed by atoms with E-state index < -0.39 is 31.8 Å². The fourth-order valence-corrected chi connectivity index (χ4v) is 5.14. The van der Waals surface area contributed by atoms with Crippen LogP contribution in [-0.2, 0) is 20.0 Å². The second-order valence-corrected chi connectivity index (χ2v) is 12.1. The van der Waals surface area contributed by atoms with E-state index in [0.717, 1.165) is 6.26 Å². The molecule has 10 nitrogen and oxygen atoms in total. The van der Waals surface area contributed by atoms with Gasteiger partial charge in [-0.3, -0.25) is 9.52 Å². The van der Waals surface area contributed by atoms with Gasteiger partial charge in [0.15, 0.2) is 0 Å². The number of rotatable bonds is 11. The van der Waals surface area contributed by atoms with Crippen molar-refractivity contribution in [2.75, 3.05) is 23.3 Å². The highest BCUT2D eigenvalue weighted by molar-refractivity contribution is 7.92. The summed E-state index contributed by atoms with van der Waals surface area (Å²) in [6.07, 6.45) is 1.58. The number of halogens is 1. The molecule has 0 spiro atoms. The Balaban J connectivity index is 1.95. The second-order valence-electron chi connectivity index (χ2n) is 8.41. The molecule has 3 rings (SSSR count). The Kier molecular flexibility index (Phi) is 7.82. The predicted molar refractivity (Wildman–Crippen MR) is 131 cm³/mol. The molecule has 0 unspecified atom stereocenters. The zero-order chi connectivity index (χ0) is 26.0. The number of nitrogens with one attached hydrogen (secondary N) is 2. The topological polar surface area (TPSA) is 161 Å². The lowest BCUT2D eigenvalue weighted by molar-refractivity contribution is 0.100. The van der Waals surface area contributed by atoms with Crippen LogP contribution in [0.1, 0.15) is 48.5 Å². The zero-order valence-electron chi connectivity index (χ0n) is 19.5. The lowest BCUT2D eigenvalue weighted by Crippen LogP contribution is -2.24. The number of unbranched alkanes of at least 4 members (excludes halogenated alkanes) is 1. The van der Waals surface area contributed by atoms with Crippen LogP contribution in [0.15, 0.2) is 34.7 Å². The van der Waals surface area contributed by atoms with Crippen LogP contribution < -0.4 is 15.2 Å². The average molecular weight is 527 g/mol. The van der Waals surface area contributed by atoms with Crippen molar-refractivity contribution in [3.63, 3.8) is 0 Å². The number of sulfonamides is 2. The van der Waals surface area contributed by atoms with E-state index in [0.29, 0.717) is 22.9 Å². The van der Waals surface area contributed by atoms with Crippen LogP contribution in [-0.4, -0.2) is 46.3 Å². The van der Waals surface area contributed by atoms with Crippen LogP contribution in [0.5, 0.6) is 0 Å². The number of amides is 1. The van der Waals surface area contributed by atoms with E-state index in [9.17, 15) is 26.0 Å². The highest BCUT2D eigenvalue weighted by atomic mass is 32.2. The Hall–Kier alpha value is -3.03. The fraction of sp³-hybridized carbons (Fsp3) is 0.364. The van der Waals surface area contributed by atoms with Gasteiger partial charge in [0.1, 0.15) is 17.4 Å². The van der Waals surface area contributed by atoms with Crippen molar-refractivity contribution in [1.29, 1.82) is 0 Å². The summed E-state index contributed by atoms with van der Waals surface area (Å²) in [7, 11) is -7.16. The highest BCUT2D eigenvalue weighted by Gasteiger charge is 2.25. The Morgan fingerprint density at radius 1 is 1.14 bits per heavy atom. The summed E-state index contributed by atoms with van der Waals surface area (Å²) in [4.78, 5) is 16.6. The molecule has 0 saturated carbocycles. The molecule has 2 aromatic heterocycles. The van der Waals surface area contributed by atoms with E-state index in [1.165, 1.54) is 24.3 Å². The molecule has 0 atom stereocenters. The minimum Gasteiger partial charge on any atom is -0.437 e. The first kappa shape index (κ1) is 26.6. The number of primary amides is 1. The van der Waals surface area contributed by atoms with Gasteiger partial charge in [0.05, 0.1) is 23.0 Å². The van der Waals surface area contributed by atoms with Crippen LogP contribution in [0.2, 0.25) is 0 Å². The van der Waals surface area contributed by atoms with Gasteiger partial charge in [0, 0.05) is 12.1 Å². The number of aromatic nitrogens is 1. The molecular formula is C22H27FN4O6S2. The SMILES string of the molecule is CC(C)c1cc2c(C(N)=O)c(-c3ccc(F)cc3)oc2nc1NS(=O)(=O)CCCCNS(C)(=O)=O. The van der Waals surface area contributed by atoms with Crippen LogP contribution in [0.25, 0.3) is 22.4 Å². The second kappa shape index (κ2) is 10.3. The van der Waals surface area contributed by atoms with Gasteiger partial charge in [0.25, 0.3) is 5.91 Å². The van der Waals surface area contributed by atoms with E-state index in [-0.39, 0.29) is 47.5 Å². The van der Waals surface area contributed by atoms with E-state index in [4.69, 9.17) is 10.2 Å². The van der Waals surface area contributed by atoms with E-state index >= 15 is 0 Å². The summed E-state index contributed by atoms with van der Waals surface area (Å²) >= 11 is 0. The Morgan fingerprint density at radius 3 is 2.37 bits per heavy atom. The maximum atomic E-state index is 13.4. The lowest BCUT2D eigenvalue weighted by Gasteiger charge is -2.14. The maximum absolute atomic E-state index is 13.4. The number of furan rings is 1. The number of hydrogen-bond donors (Lipinski definition) is 3. The van der Waals surface area contributed by atoms with Gasteiger partial charge in [0.2, 0.25) is 25.8 Å². The number of benzene rings is 1. The van der Waals surface area contributed by atoms with Crippen LogP contribution in [0, 0.1) is 5.82 Å². The smallest absolute Gasteiger partial charge is 0.253 e. The molecule has 0 aliphatic heterocycles. The van der Waals surface area contributed by atoms with Crippen molar-refractivity contribution in [1.82, 2.24) is 9.71 Å². The number of anilines is 1. The number of carbonyl (C=O) groups is 1. The zero-order valence-corrected chi connectivity index (χ0v) is 21.1. The van der Waals surface area contributed by atoms with Crippen molar-refractivity contribution in [3.05, 3.63) is 47.3 Å². The van der Waals surface area contributed by atoms with Crippen molar-refractivity contribution >= 4 is 42.9 Å². The molecule has 13 heteroatoms. The van der Waals surface area contributed by atoms with Gasteiger partial charge >= 0.3 is 0 Å². The molecule has 1 amide bonds. The number of carbonyl (C=O) groups excluding carboxylic acids is 1. The molecule has 0 saturated heterocycles. The third-order valence-electron chi connectivity index (χ3n) is 5.14. The summed E-state index contributed by atoms with van der Waals surface area (Å²) in [6, 6.07) is 6.91. The molecule has 2 heterocycles. The van der Waals surface area contributed by atoms with Gasteiger partial charge in [-0.05, 0) is 54.7 Å². The molecule has 0 radical (unpaired) electrons. The highest BCUT2D eigenvalue weighted by Crippen LogP contribution is 2.36. The Bertz CT molecular complexity index is 1450. The van der Waals surface area contributed by atoms with Gasteiger partial charge in [-0.2, -0.15) is 4.98 Å². The van der Waals surface area contributed by atoms with Crippen molar-refractivity contribution < 1.29 is 30.4 Å². The summed E-state index contributed by atoms with van der Waals surface area (Å²) in [5, 5.41) is 0.315. The normalized spacial score (nSPS) is 12.4. The first-order chi connectivity index (χ1) is 16.3. The van der Waals surface area contributed by atoms with E-state index in [2.05, 4.69) is 14.4 Å². The molecule has 1 aromatic carbocycles. The van der Waals surface area contributed by atoms with Gasteiger partial charge in [-0.15, -0.1) is 0 Å². The number of fused-ring (bicyclic) bond motifs is 1. The van der Waals surface area contributed by atoms with Gasteiger partial charge < -0.3 is 10.2 Å². The minimum absolute atomic E-state index is 0.00224. The molecule has 3 aromatic rings. The summed E-state index contributed by atoms with van der Waals surface area (Å²) in [5.74, 6) is -1.50. The summed E-state index contributed by atoms with van der Waals surface area (Å²) < 4.78 is 71.5. The van der Waals surface area contributed by atoms with Crippen molar-refractivity contribution in [2.24, 2.45) is 5.73 Å². The molecule has 0 aliphatic carbocycles. The van der Waals surface area contributed by atoms with E-state index in [1.54, 1.807) is 6.07 Å². The minimum atomic E-state index is -3.82. The van der Waals surface area contributed by atoms with Gasteiger partial charge in [-0.25, -0.2) is 25.9 Å². The molecule has 35 heavy (non-hydrogen) atoms. The maximum Gasteiger partial charge on any atom is 0.253 e. The molecule has 0 fully saturated rings. The fourth-order valence-electron chi connectivity index (χ4n) is 3.48. The predicted octanol–water partition coefficient (Wildman–Crippen LogP) is 2.93. The number of nitrogens with two attached hydrogens (primary N) is 1. The molecule has 4 N–H and O–H groups in total. The molecule has 0 aliphatic rings. The van der Waals surface area contributed by atoms with Crippen LogP contribution >= 0.6 is 0 Å². The summed E-state index contributed by atoms with van der Waals surface area (Å²) in [5.41, 5.74) is 6.60. The van der Waals surface area contributed by atoms with Crippen LogP contribution in [0.3, 0.4) is 0 Å². The number of pyridine rings is 1. The van der Waals surface area contributed by atoms with E-state index in [1.807, 2.05) is 13.8 Å². The lowest BCUT2D eigenvalue weighted by atomic mass is 10.0. The molecular weight excluding hydrogens is 499 g/mol. The summed E-state index contributed by atoms with van der Waals surface area (Å²) in [6.45, 7) is 3.80. The number of nitrogens with zero attached hydrogens (tertiary/aromatic N) is 1. The Morgan fingerprint density at radius 2 is 1.80 bits per heavy atom. The molecule has 0 bridgehead atoms. The Labute approximate surface area is 203 Å². The molecule has 190 valence electrons. The third-order valence-corrected chi connectivity index (χ3v) is 7.20. The first-order valence-electron chi connectivity index (χ1n) is 10.8. The largest absolute Gasteiger partial charge is 0.437 e. The number of hydrogen-bond acceptors (Lipinski definition) is 7. The average Bonchev–Trinajstić information content (AvgIpc) is 3.10.